The highest BCUT2D eigenvalue weighted by molar-refractivity contribution is 4.89. The highest BCUT2D eigenvalue weighted by Gasteiger charge is 2.33. The van der Waals surface area contributed by atoms with Crippen LogP contribution in [-0.2, 0) is 4.74 Å². The molecule has 3 fully saturated rings. The van der Waals surface area contributed by atoms with Gasteiger partial charge in [0.1, 0.15) is 0 Å². The first-order chi connectivity index (χ1) is 9.74. The lowest BCUT2D eigenvalue weighted by atomic mass is 9.86. The molecule has 1 N–H and O–H groups in total. The number of piperidine rings is 1. The zero-order chi connectivity index (χ0) is 13.9. The molecule has 0 aromatic carbocycles. The van der Waals surface area contributed by atoms with E-state index in [0.717, 1.165) is 24.6 Å². The third-order valence-electron chi connectivity index (χ3n) is 5.79. The van der Waals surface area contributed by atoms with Crippen LogP contribution in [0.25, 0.3) is 0 Å². The summed E-state index contributed by atoms with van der Waals surface area (Å²) in [6, 6.07) is 1.61. The fourth-order valence-electron chi connectivity index (χ4n) is 4.41. The lowest BCUT2D eigenvalue weighted by molar-refractivity contribution is -0.0540. The smallest absolute Gasteiger partial charge is 0.0612 e. The van der Waals surface area contributed by atoms with Crippen molar-refractivity contribution in [2.75, 3.05) is 26.2 Å². The Balaban J connectivity index is 1.47. The van der Waals surface area contributed by atoms with Crippen molar-refractivity contribution in [3.8, 4) is 0 Å². The Bertz CT molecular complexity index is 293. The van der Waals surface area contributed by atoms with E-state index in [1.807, 2.05) is 0 Å². The van der Waals surface area contributed by atoms with Gasteiger partial charge in [-0.1, -0.05) is 13.8 Å². The topological polar surface area (TPSA) is 24.5 Å². The van der Waals surface area contributed by atoms with Crippen LogP contribution >= 0.6 is 0 Å². The van der Waals surface area contributed by atoms with Crippen molar-refractivity contribution >= 4 is 0 Å². The molecule has 116 valence electrons. The van der Waals surface area contributed by atoms with Crippen LogP contribution in [0, 0.1) is 11.8 Å². The van der Waals surface area contributed by atoms with Crippen molar-refractivity contribution in [1.82, 2.24) is 10.2 Å². The maximum absolute atomic E-state index is 5.93. The van der Waals surface area contributed by atoms with E-state index in [2.05, 4.69) is 24.1 Å². The lowest BCUT2D eigenvalue weighted by Gasteiger charge is -2.43. The van der Waals surface area contributed by atoms with Crippen LogP contribution in [0.3, 0.4) is 0 Å². The molecule has 0 spiro atoms. The van der Waals surface area contributed by atoms with Crippen LogP contribution in [0.5, 0.6) is 0 Å². The van der Waals surface area contributed by atoms with E-state index in [1.54, 1.807) is 0 Å². The Kier molecular flexibility index (Phi) is 5.00. The van der Waals surface area contributed by atoms with Gasteiger partial charge in [0.15, 0.2) is 0 Å². The molecule has 0 radical (unpaired) electrons. The zero-order valence-electron chi connectivity index (χ0n) is 13.3. The summed E-state index contributed by atoms with van der Waals surface area (Å²) in [5.74, 6) is 1.60. The first-order valence-electron chi connectivity index (χ1n) is 8.83. The molecule has 3 nitrogen and oxygen atoms in total. The molecule has 3 unspecified atom stereocenters. The second kappa shape index (κ2) is 6.76. The van der Waals surface area contributed by atoms with Gasteiger partial charge in [0.05, 0.1) is 6.10 Å². The van der Waals surface area contributed by atoms with Gasteiger partial charge in [0.2, 0.25) is 0 Å². The molecular formula is C17H32N2O. The van der Waals surface area contributed by atoms with E-state index in [1.165, 1.54) is 58.2 Å². The SMILES string of the molecule is CC(C)C1CC(N2CCC(C3CCCN3)CC2)CCO1. The number of nitrogens with one attached hydrogen (secondary N) is 1. The standard InChI is InChI=1S/C17H32N2O/c1-13(2)17-12-15(7-11-20-17)19-9-5-14(6-10-19)16-4-3-8-18-16/h13-18H,3-12H2,1-2H3. The summed E-state index contributed by atoms with van der Waals surface area (Å²) in [5, 5.41) is 3.70. The van der Waals surface area contributed by atoms with Gasteiger partial charge in [0.25, 0.3) is 0 Å². The van der Waals surface area contributed by atoms with E-state index in [4.69, 9.17) is 4.74 Å². The van der Waals surface area contributed by atoms with Crippen LogP contribution in [0.2, 0.25) is 0 Å². The van der Waals surface area contributed by atoms with Crippen LogP contribution in [-0.4, -0.2) is 49.3 Å². The third kappa shape index (κ3) is 3.37. The Morgan fingerprint density at radius 1 is 1.10 bits per heavy atom. The monoisotopic (exact) mass is 280 g/mol. The lowest BCUT2D eigenvalue weighted by Crippen LogP contribution is -2.48. The quantitative estimate of drug-likeness (QED) is 0.860. The number of likely N-dealkylation sites (tertiary alicyclic amines) is 1. The van der Waals surface area contributed by atoms with Gasteiger partial charge in [-0.3, -0.25) is 0 Å². The van der Waals surface area contributed by atoms with E-state index in [9.17, 15) is 0 Å². The summed E-state index contributed by atoms with van der Waals surface area (Å²) in [6.45, 7) is 9.45. The van der Waals surface area contributed by atoms with Gasteiger partial charge < -0.3 is 15.0 Å². The van der Waals surface area contributed by atoms with Crippen molar-refractivity contribution in [3.05, 3.63) is 0 Å². The van der Waals surface area contributed by atoms with Crippen molar-refractivity contribution in [1.29, 1.82) is 0 Å². The largest absolute Gasteiger partial charge is 0.378 e. The number of ether oxygens (including phenoxy) is 1. The van der Waals surface area contributed by atoms with Crippen LogP contribution < -0.4 is 5.32 Å². The first kappa shape index (κ1) is 14.8. The first-order valence-corrected chi connectivity index (χ1v) is 8.83. The molecule has 3 aliphatic rings. The summed E-state index contributed by atoms with van der Waals surface area (Å²) < 4.78 is 5.93. The predicted molar refractivity (Wildman–Crippen MR) is 82.9 cm³/mol. The number of hydrogen-bond acceptors (Lipinski definition) is 3. The van der Waals surface area contributed by atoms with E-state index in [0.29, 0.717) is 12.0 Å². The fourth-order valence-corrected chi connectivity index (χ4v) is 4.41. The molecule has 20 heavy (non-hydrogen) atoms. The highest BCUT2D eigenvalue weighted by Crippen LogP contribution is 2.30. The summed E-state index contributed by atoms with van der Waals surface area (Å²) in [4.78, 5) is 2.77. The normalized spacial score (nSPS) is 37.6. The maximum Gasteiger partial charge on any atom is 0.0612 e. The third-order valence-corrected chi connectivity index (χ3v) is 5.79. The van der Waals surface area contributed by atoms with Gasteiger partial charge in [-0.25, -0.2) is 0 Å². The van der Waals surface area contributed by atoms with Crippen molar-refractivity contribution in [2.45, 2.75) is 70.6 Å². The van der Waals surface area contributed by atoms with Gasteiger partial charge >= 0.3 is 0 Å². The van der Waals surface area contributed by atoms with Gasteiger partial charge in [-0.15, -0.1) is 0 Å². The molecule has 3 aliphatic heterocycles. The molecule has 0 amide bonds. The van der Waals surface area contributed by atoms with Crippen LogP contribution in [0.4, 0.5) is 0 Å². The van der Waals surface area contributed by atoms with Gasteiger partial charge in [-0.05, 0) is 70.0 Å². The molecular weight excluding hydrogens is 248 g/mol. The van der Waals surface area contributed by atoms with Crippen LogP contribution in [0.15, 0.2) is 0 Å². The van der Waals surface area contributed by atoms with Crippen molar-refractivity contribution in [3.63, 3.8) is 0 Å². The Hall–Kier alpha value is -0.120. The second-order valence-corrected chi connectivity index (χ2v) is 7.41. The summed E-state index contributed by atoms with van der Waals surface area (Å²) in [7, 11) is 0. The number of rotatable bonds is 3. The maximum atomic E-state index is 5.93. The van der Waals surface area contributed by atoms with E-state index >= 15 is 0 Å². The Morgan fingerprint density at radius 3 is 2.55 bits per heavy atom. The average Bonchev–Trinajstić information content (AvgIpc) is 3.02. The summed E-state index contributed by atoms with van der Waals surface area (Å²) in [5.41, 5.74) is 0. The minimum Gasteiger partial charge on any atom is -0.378 e. The Morgan fingerprint density at radius 2 is 1.90 bits per heavy atom. The summed E-state index contributed by atoms with van der Waals surface area (Å²) in [6.07, 6.45) is 8.60. The van der Waals surface area contributed by atoms with E-state index < -0.39 is 0 Å². The second-order valence-electron chi connectivity index (χ2n) is 7.41. The van der Waals surface area contributed by atoms with Crippen molar-refractivity contribution < 1.29 is 4.74 Å². The molecule has 0 aromatic heterocycles. The highest BCUT2D eigenvalue weighted by atomic mass is 16.5. The van der Waals surface area contributed by atoms with Crippen LogP contribution in [0.1, 0.15) is 52.4 Å². The van der Waals surface area contributed by atoms with Gasteiger partial charge in [-0.2, -0.15) is 0 Å². The molecule has 3 rings (SSSR count). The fraction of sp³-hybridized carbons (Fsp3) is 1.00. The molecule has 3 atom stereocenters. The zero-order valence-corrected chi connectivity index (χ0v) is 13.3. The molecule has 3 saturated heterocycles. The van der Waals surface area contributed by atoms with Crippen molar-refractivity contribution in [2.24, 2.45) is 11.8 Å². The minimum absolute atomic E-state index is 0.489. The predicted octanol–water partition coefficient (Wildman–Crippen LogP) is 2.65. The van der Waals surface area contributed by atoms with E-state index in [-0.39, 0.29) is 0 Å². The minimum atomic E-state index is 0.489. The summed E-state index contributed by atoms with van der Waals surface area (Å²) >= 11 is 0. The molecule has 0 saturated carbocycles. The molecule has 3 heteroatoms. The Labute approximate surface area is 124 Å². The number of hydrogen-bond donors (Lipinski definition) is 1. The van der Waals surface area contributed by atoms with Gasteiger partial charge in [0, 0.05) is 18.7 Å². The molecule has 0 aromatic rings. The molecule has 0 bridgehead atoms. The number of nitrogens with zero attached hydrogens (tertiary/aromatic N) is 1. The molecule has 3 heterocycles. The molecule has 0 aliphatic carbocycles. The average molecular weight is 280 g/mol.